The van der Waals surface area contributed by atoms with Crippen molar-refractivity contribution in [3.05, 3.63) is 102 Å². The minimum Gasteiger partial charge on any atom is -0.494 e. The number of para-hydroxylation sites is 1. The first-order valence-electron chi connectivity index (χ1n) is 9.29. The molecule has 5 heteroatoms. The van der Waals surface area contributed by atoms with Crippen LogP contribution < -0.4 is 10.1 Å². The molecule has 3 aromatic carbocycles. The molecule has 0 fully saturated rings. The highest BCUT2D eigenvalue weighted by Gasteiger charge is 2.21. The zero-order chi connectivity index (χ0) is 20.2. The molecule has 0 radical (unpaired) electrons. The third kappa shape index (κ3) is 4.14. The van der Waals surface area contributed by atoms with Crippen molar-refractivity contribution >= 4 is 16.9 Å². The molecule has 1 unspecified atom stereocenters. The number of amides is 1. The van der Waals surface area contributed by atoms with Gasteiger partial charge < -0.3 is 14.5 Å². The fourth-order valence-electron chi connectivity index (χ4n) is 3.33. The average Bonchev–Trinajstić information content (AvgIpc) is 3.17. The Bertz CT molecular complexity index is 1100. The topological polar surface area (TPSA) is 51.5 Å². The summed E-state index contributed by atoms with van der Waals surface area (Å²) in [5, 5.41) is 3.99. The van der Waals surface area contributed by atoms with Gasteiger partial charge in [-0.3, -0.25) is 4.79 Å². The van der Waals surface area contributed by atoms with Crippen LogP contribution in [-0.4, -0.2) is 13.0 Å². The number of furan rings is 1. The molecule has 146 valence electrons. The number of carbonyl (C=O) groups excluding carboxylic acids is 1. The molecule has 0 saturated heterocycles. The second-order valence-corrected chi connectivity index (χ2v) is 6.74. The van der Waals surface area contributed by atoms with E-state index in [1.165, 1.54) is 19.2 Å². The van der Waals surface area contributed by atoms with Crippen molar-refractivity contribution in [2.24, 2.45) is 0 Å². The van der Waals surface area contributed by atoms with Gasteiger partial charge in [0, 0.05) is 5.39 Å². The fraction of sp³-hybridized carbons (Fsp3) is 0.125. The van der Waals surface area contributed by atoms with E-state index in [4.69, 9.17) is 9.15 Å². The van der Waals surface area contributed by atoms with E-state index in [-0.39, 0.29) is 18.1 Å². The van der Waals surface area contributed by atoms with Crippen molar-refractivity contribution in [1.29, 1.82) is 0 Å². The first kappa shape index (κ1) is 18.7. The molecule has 1 aromatic heterocycles. The van der Waals surface area contributed by atoms with Crippen molar-refractivity contribution < 1.29 is 18.3 Å². The van der Waals surface area contributed by atoms with Crippen LogP contribution in [0.15, 0.2) is 83.3 Å². The van der Waals surface area contributed by atoms with Gasteiger partial charge in [0.15, 0.2) is 11.6 Å². The summed E-state index contributed by atoms with van der Waals surface area (Å²) >= 11 is 0. The maximum Gasteiger partial charge on any atom is 0.225 e. The van der Waals surface area contributed by atoms with E-state index in [1.807, 2.05) is 60.7 Å². The van der Waals surface area contributed by atoms with Gasteiger partial charge in [-0.15, -0.1) is 0 Å². The minimum absolute atomic E-state index is 0.0461. The molecule has 1 heterocycles. The highest BCUT2D eigenvalue weighted by molar-refractivity contribution is 5.81. The lowest BCUT2D eigenvalue weighted by molar-refractivity contribution is -0.121. The fourth-order valence-corrected chi connectivity index (χ4v) is 3.33. The Morgan fingerprint density at radius 1 is 1.03 bits per heavy atom. The number of ether oxygens (including phenoxy) is 1. The van der Waals surface area contributed by atoms with Crippen molar-refractivity contribution in [2.75, 3.05) is 7.11 Å². The molecule has 0 aliphatic heterocycles. The van der Waals surface area contributed by atoms with E-state index < -0.39 is 11.9 Å². The molecule has 4 nitrogen and oxygen atoms in total. The van der Waals surface area contributed by atoms with Crippen LogP contribution in [0.4, 0.5) is 4.39 Å². The second kappa shape index (κ2) is 8.19. The number of hydrogen-bond acceptors (Lipinski definition) is 3. The quantitative estimate of drug-likeness (QED) is 0.503. The third-order valence-corrected chi connectivity index (χ3v) is 4.75. The molecule has 0 bridgehead atoms. The van der Waals surface area contributed by atoms with Crippen LogP contribution in [0.1, 0.15) is 22.9 Å². The monoisotopic (exact) mass is 389 g/mol. The molecule has 0 aliphatic carbocycles. The van der Waals surface area contributed by atoms with Gasteiger partial charge in [0.2, 0.25) is 5.91 Å². The van der Waals surface area contributed by atoms with Gasteiger partial charge in [-0.2, -0.15) is 0 Å². The van der Waals surface area contributed by atoms with Gasteiger partial charge in [0.25, 0.3) is 0 Å². The number of methoxy groups -OCH3 is 1. The van der Waals surface area contributed by atoms with Crippen molar-refractivity contribution in [1.82, 2.24) is 5.32 Å². The molecule has 0 saturated carbocycles. The maximum absolute atomic E-state index is 13.9. The predicted molar refractivity (Wildman–Crippen MR) is 109 cm³/mol. The van der Waals surface area contributed by atoms with E-state index in [9.17, 15) is 9.18 Å². The lowest BCUT2D eigenvalue weighted by Gasteiger charge is -2.17. The Balaban J connectivity index is 1.60. The van der Waals surface area contributed by atoms with Crippen LogP contribution in [0.25, 0.3) is 11.0 Å². The van der Waals surface area contributed by atoms with E-state index in [0.29, 0.717) is 11.3 Å². The molecular formula is C24H20FNO3. The Kier molecular flexibility index (Phi) is 5.29. The molecule has 0 aliphatic rings. The zero-order valence-corrected chi connectivity index (χ0v) is 15.9. The molecule has 1 N–H and O–H groups in total. The molecule has 1 atom stereocenters. The number of nitrogens with one attached hydrogen (secondary N) is 1. The number of fused-ring (bicyclic) bond motifs is 1. The van der Waals surface area contributed by atoms with Gasteiger partial charge in [-0.25, -0.2) is 4.39 Å². The van der Waals surface area contributed by atoms with Crippen molar-refractivity contribution in [2.45, 2.75) is 12.5 Å². The van der Waals surface area contributed by atoms with Crippen molar-refractivity contribution in [3.8, 4) is 5.75 Å². The summed E-state index contributed by atoms with van der Waals surface area (Å²) in [4.78, 5) is 12.7. The number of rotatable bonds is 6. The SMILES string of the molecule is COc1ccc(CC(=O)NC(c2ccccc2)c2cc3ccccc3o2)cc1F. The summed E-state index contributed by atoms with van der Waals surface area (Å²) in [5.74, 6) is 0.0730. The largest absolute Gasteiger partial charge is 0.494 e. The van der Waals surface area contributed by atoms with E-state index in [0.717, 1.165) is 16.5 Å². The molecule has 1 amide bonds. The highest BCUT2D eigenvalue weighted by atomic mass is 19.1. The highest BCUT2D eigenvalue weighted by Crippen LogP contribution is 2.28. The van der Waals surface area contributed by atoms with Crippen LogP contribution in [0.5, 0.6) is 5.75 Å². The summed E-state index contributed by atoms with van der Waals surface area (Å²) in [6.07, 6.45) is 0.0461. The Hall–Kier alpha value is -3.60. The van der Waals surface area contributed by atoms with Gasteiger partial charge in [0.05, 0.1) is 13.5 Å². The normalized spacial score (nSPS) is 11.9. The third-order valence-electron chi connectivity index (χ3n) is 4.75. The predicted octanol–water partition coefficient (Wildman–Crippen LogP) is 5.03. The number of benzene rings is 3. The first-order valence-corrected chi connectivity index (χ1v) is 9.29. The lowest BCUT2D eigenvalue weighted by atomic mass is 10.0. The van der Waals surface area contributed by atoms with Gasteiger partial charge in [-0.05, 0) is 35.4 Å². The molecule has 4 aromatic rings. The van der Waals surface area contributed by atoms with Gasteiger partial charge in [-0.1, -0.05) is 54.6 Å². The minimum atomic E-state index is -0.491. The molecule has 0 spiro atoms. The Morgan fingerprint density at radius 2 is 1.79 bits per heavy atom. The van der Waals surface area contributed by atoms with Crippen LogP contribution >= 0.6 is 0 Å². The van der Waals surface area contributed by atoms with Gasteiger partial charge in [0.1, 0.15) is 17.4 Å². The number of hydrogen-bond donors (Lipinski definition) is 1. The summed E-state index contributed by atoms with van der Waals surface area (Å²) in [5.41, 5.74) is 2.23. The molecule has 4 rings (SSSR count). The summed E-state index contributed by atoms with van der Waals surface area (Å²) in [7, 11) is 1.41. The van der Waals surface area contributed by atoms with Crippen molar-refractivity contribution in [3.63, 3.8) is 0 Å². The van der Waals surface area contributed by atoms with Crippen LogP contribution in [0.2, 0.25) is 0 Å². The average molecular weight is 389 g/mol. The van der Waals surface area contributed by atoms with Crippen LogP contribution in [-0.2, 0) is 11.2 Å². The molecular weight excluding hydrogens is 369 g/mol. The Labute approximate surface area is 167 Å². The van der Waals surface area contributed by atoms with Gasteiger partial charge >= 0.3 is 0 Å². The lowest BCUT2D eigenvalue weighted by Crippen LogP contribution is -2.30. The smallest absolute Gasteiger partial charge is 0.225 e. The Morgan fingerprint density at radius 3 is 2.52 bits per heavy atom. The van der Waals surface area contributed by atoms with E-state index in [1.54, 1.807) is 6.07 Å². The molecule has 29 heavy (non-hydrogen) atoms. The second-order valence-electron chi connectivity index (χ2n) is 6.74. The standard InChI is InChI=1S/C24H20FNO3/c1-28-21-12-11-16(13-19(21)25)14-23(27)26-24(17-7-3-2-4-8-17)22-15-18-9-5-6-10-20(18)29-22/h2-13,15,24H,14H2,1H3,(H,26,27). The zero-order valence-electron chi connectivity index (χ0n) is 15.9. The van der Waals surface area contributed by atoms with Crippen LogP contribution in [0, 0.1) is 5.82 Å². The summed E-state index contributed by atoms with van der Waals surface area (Å²) in [6, 6.07) is 23.3. The van der Waals surface area contributed by atoms with E-state index >= 15 is 0 Å². The number of halogens is 1. The van der Waals surface area contributed by atoms with E-state index in [2.05, 4.69) is 5.32 Å². The summed E-state index contributed by atoms with van der Waals surface area (Å²) < 4.78 is 24.9. The maximum atomic E-state index is 13.9. The van der Waals surface area contributed by atoms with Crippen LogP contribution in [0.3, 0.4) is 0 Å². The number of carbonyl (C=O) groups is 1. The first-order chi connectivity index (χ1) is 14.1. The summed E-state index contributed by atoms with van der Waals surface area (Å²) in [6.45, 7) is 0.